The Hall–Kier alpha value is -2.66. The lowest BCUT2D eigenvalue weighted by molar-refractivity contribution is -0.142. The van der Waals surface area contributed by atoms with Crippen LogP contribution in [0.25, 0.3) is 0 Å². The van der Waals surface area contributed by atoms with Gasteiger partial charge in [0.25, 0.3) is 5.91 Å². The number of nitrogens with two attached hydrogens (primary N) is 1. The molecule has 1 atom stereocenters. The molecule has 1 aromatic heterocycles. The summed E-state index contributed by atoms with van der Waals surface area (Å²) in [6, 6.07) is 12.6. The third-order valence-electron chi connectivity index (χ3n) is 3.72. The molecular weight excluding hydrogens is 434 g/mol. The topological polar surface area (TPSA) is 131 Å². The Labute approximate surface area is 182 Å². The number of carbonyl (C=O) groups is 3. The molecule has 2 amide bonds. The molecule has 0 spiro atoms. The van der Waals surface area contributed by atoms with Gasteiger partial charge in [-0.15, -0.1) is 11.3 Å². The number of thiophene rings is 1. The first-order valence-corrected chi connectivity index (χ1v) is 10.2. The van der Waals surface area contributed by atoms with E-state index < -0.39 is 12.1 Å². The van der Waals surface area contributed by atoms with E-state index >= 15 is 0 Å². The van der Waals surface area contributed by atoms with Crippen LogP contribution >= 0.6 is 22.9 Å². The Balaban J connectivity index is 0.000000343. The fourth-order valence-electron chi connectivity index (χ4n) is 2.42. The number of hydrogen-bond donors (Lipinski definition) is 3. The third kappa shape index (κ3) is 7.64. The zero-order valence-corrected chi connectivity index (χ0v) is 17.5. The van der Waals surface area contributed by atoms with Crippen molar-refractivity contribution in [2.75, 3.05) is 37.7 Å². The summed E-state index contributed by atoms with van der Waals surface area (Å²) in [4.78, 5) is 35.6. The largest absolute Gasteiger partial charge is 0.480 e. The number of nitrogens with one attached hydrogen (secondary N) is 1. The number of carboxylic acid groups (broad SMARTS) is 1. The van der Waals surface area contributed by atoms with Crippen LogP contribution in [0.1, 0.15) is 9.67 Å². The molecule has 1 unspecified atom stereocenters. The molecule has 1 fully saturated rings. The highest BCUT2D eigenvalue weighted by Gasteiger charge is 2.32. The van der Waals surface area contributed by atoms with Crippen LogP contribution in [0, 0.1) is 0 Å². The van der Waals surface area contributed by atoms with Crippen LogP contribution in [-0.2, 0) is 14.3 Å². The fraction of sp³-hybridized carbons (Fsp3) is 0.316. The van der Waals surface area contributed by atoms with E-state index in [4.69, 9.17) is 27.2 Å². The summed E-state index contributed by atoms with van der Waals surface area (Å²) in [5.41, 5.74) is 5.78. The van der Waals surface area contributed by atoms with E-state index in [0.29, 0.717) is 28.9 Å². The van der Waals surface area contributed by atoms with Crippen molar-refractivity contribution in [1.29, 1.82) is 0 Å². The average Bonchev–Trinajstić information content (AvgIpc) is 3.33. The smallest absolute Gasteiger partial charge is 0.414 e. The zero-order chi connectivity index (χ0) is 21.9. The summed E-state index contributed by atoms with van der Waals surface area (Å²) in [7, 11) is 0. The Morgan fingerprint density at radius 1 is 1.30 bits per heavy atom. The highest BCUT2D eigenvalue weighted by Crippen LogP contribution is 2.22. The summed E-state index contributed by atoms with van der Waals surface area (Å²) < 4.78 is 10.4. The second-order valence-corrected chi connectivity index (χ2v) is 7.72. The number of ether oxygens (including phenoxy) is 2. The molecule has 2 aromatic rings. The SMILES string of the molecule is NCCOCC(=O)O.O=C(NCC1CN(c2ccccc2)C(=O)O1)c1ccc(Cl)s1. The number of carbonyl (C=O) groups excluding carboxylic acids is 2. The highest BCUT2D eigenvalue weighted by molar-refractivity contribution is 7.17. The Morgan fingerprint density at radius 2 is 2.03 bits per heavy atom. The van der Waals surface area contributed by atoms with Crippen LogP contribution < -0.4 is 16.0 Å². The molecule has 1 aliphatic rings. The van der Waals surface area contributed by atoms with E-state index in [1.807, 2.05) is 30.3 Å². The molecule has 1 aromatic carbocycles. The van der Waals surface area contributed by atoms with Crippen LogP contribution in [-0.4, -0.2) is 62.0 Å². The predicted octanol–water partition coefficient (Wildman–Crippen LogP) is 2.20. The van der Waals surface area contributed by atoms with Gasteiger partial charge in [-0.25, -0.2) is 9.59 Å². The van der Waals surface area contributed by atoms with Crippen molar-refractivity contribution in [2.45, 2.75) is 6.10 Å². The van der Waals surface area contributed by atoms with Gasteiger partial charge in [0.2, 0.25) is 0 Å². The van der Waals surface area contributed by atoms with E-state index in [1.54, 1.807) is 17.0 Å². The molecule has 1 aliphatic heterocycles. The van der Waals surface area contributed by atoms with Gasteiger partial charge in [-0.1, -0.05) is 29.8 Å². The van der Waals surface area contributed by atoms with E-state index in [0.717, 1.165) is 5.69 Å². The number of para-hydroxylation sites is 1. The van der Waals surface area contributed by atoms with Crippen LogP contribution in [0.5, 0.6) is 0 Å². The Bertz CT molecular complexity index is 848. The minimum atomic E-state index is -0.960. The standard InChI is InChI=1S/C15H13ClN2O3S.C4H9NO3/c16-13-7-6-12(22-13)14(19)17-8-11-9-18(15(20)21-11)10-4-2-1-3-5-10;5-1-2-8-3-4(6)7/h1-7,11H,8-9H2,(H,17,19);1-3,5H2,(H,6,7). The number of hydrogen-bond acceptors (Lipinski definition) is 7. The molecule has 0 radical (unpaired) electrons. The van der Waals surface area contributed by atoms with Gasteiger partial charge in [0, 0.05) is 12.2 Å². The number of cyclic esters (lactones) is 1. The van der Waals surface area contributed by atoms with Crippen LogP contribution in [0.2, 0.25) is 4.34 Å². The quantitative estimate of drug-likeness (QED) is 0.520. The maximum Gasteiger partial charge on any atom is 0.414 e. The number of anilines is 1. The maximum atomic E-state index is 11.9. The van der Waals surface area contributed by atoms with Gasteiger partial charge in [-0.05, 0) is 24.3 Å². The minimum absolute atomic E-state index is 0.217. The average molecular weight is 456 g/mol. The van der Waals surface area contributed by atoms with E-state index in [1.165, 1.54) is 11.3 Å². The normalized spacial score (nSPS) is 15.2. The molecule has 30 heavy (non-hydrogen) atoms. The lowest BCUT2D eigenvalue weighted by atomic mass is 10.2. The van der Waals surface area contributed by atoms with E-state index in [2.05, 4.69) is 10.1 Å². The lowest BCUT2D eigenvalue weighted by Crippen LogP contribution is -2.34. The van der Waals surface area contributed by atoms with Crippen molar-refractivity contribution in [3.8, 4) is 0 Å². The van der Waals surface area contributed by atoms with Gasteiger partial charge in [0.1, 0.15) is 12.7 Å². The first-order valence-electron chi connectivity index (χ1n) is 8.97. The van der Waals surface area contributed by atoms with Crippen LogP contribution in [0.4, 0.5) is 10.5 Å². The molecule has 11 heteroatoms. The number of amides is 2. The predicted molar refractivity (Wildman–Crippen MR) is 113 cm³/mol. The monoisotopic (exact) mass is 455 g/mol. The van der Waals surface area contributed by atoms with E-state index in [9.17, 15) is 14.4 Å². The summed E-state index contributed by atoms with van der Waals surface area (Å²) in [6.07, 6.45) is -0.767. The van der Waals surface area contributed by atoms with Crippen molar-refractivity contribution < 1.29 is 29.0 Å². The number of benzene rings is 1. The van der Waals surface area contributed by atoms with Crippen molar-refractivity contribution in [3.63, 3.8) is 0 Å². The van der Waals surface area contributed by atoms with Crippen molar-refractivity contribution in [1.82, 2.24) is 5.32 Å². The number of rotatable bonds is 8. The Kier molecular flexibility index (Phi) is 9.55. The second-order valence-electron chi connectivity index (χ2n) is 6.00. The number of nitrogens with zero attached hydrogens (tertiary/aromatic N) is 1. The molecule has 162 valence electrons. The number of halogens is 1. The molecule has 2 heterocycles. The van der Waals surface area contributed by atoms with Gasteiger partial charge in [-0.3, -0.25) is 9.69 Å². The van der Waals surface area contributed by atoms with E-state index in [-0.39, 0.29) is 25.2 Å². The summed E-state index contributed by atoms with van der Waals surface area (Å²) >= 11 is 7.01. The zero-order valence-electron chi connectivity index (χ0n) is 16.0. The fourth-order valence-corrected chi connectivity index (χ4v) is 3.38. The second kappa shape index (κ2) is 12.1. The third-order valence-corrected chi connectivity index (χ3v) is 4.95. The first kappa shape index (κ1) is 23.6. The van der Waals surface area contributed by atoms with Crippen molar-refractivity contribution >= 4 is 46.6 Å². The molecule has 3 rings (SSSR count). The van der Waals surface area contributed by atoms with Gasteiger partial charge in [-0.2, -0.15) is 0 Å². The molecule has 0 saturated carbocycles. The first-order chi connectivity index (χ1) is 14.4. The van der Waals surface area contributed by atoms with Crippen molar-refractivity contribution in [2.24, 2.45) is 5.73 Å². The van der Waals surface area contributed by atoms with Crippen molar-refractivity contribution in [3.05, 3.63) is 51.7 Å². The minimum Gasteiger partial charge on any atom is -0.480 e. The maximum absolute atomic E-state index is 11.9. The van der Waals surface area contributed by atoms with Gasteiger partial charge < -0.3 is 25.6 Å². The number of aliphatic carboxylic acids is 1. The lowest BCUT2D eigenvalue weighted by Gasteiger charge is -2.12. The molecule has 9 nitrogen and oxygen atoms in total. The molecule has 1 saturated heterocycles. The summed E-state index contributed by atoms with van der Waals surface area (Å²) in [5.74, 6) is -1.18. The molecule has 0 aliphatic carbocycles. The van der Waals surface area contributed by atoms with Gasteiger partial charge >= 0.3 is 12.1 Å². The molecule has 4 N–H and O–H groups in total. The molecular formula is C19H22ClN3O6S. The van der Waals surface area contributed by atoms with Gasteiger partial charge in [0.05, 0.1) is 28.9 Å². The number of carboxylic acids is 1. The molecule has 0 bridgehead atoms. The highest BCUT2D eigenvalue weighted by atomic mass is 35.5. The van der Waals surface area contributed by atoms with Crippen LogP contribution in [0.3, 0.4) is 0 Å². The Morgan fingerprint density at radius 3 is 2.63 bits per heavy atom. The summed E-state index contributed by atoms with van der Waals surface area (Å²) in [6.45, 7) is 1.11. The summed E-state index contributed by atoms with van der Waals surface area (Å²) in [5, 5.41) is 10.7. The van der Waals surface area contributed by atoms with Gasteiger partial charge in [0.15, 0.2) is 0 Å². The van der Waals surface area contributed by atoms with Crippen LogP contribution in [0.15, 0.2) is 42.5 Å².